The predicted octanol–water partition coefficient (Wildman–Crippen LogP) is 3.74. The molecule has 2 aromatic rings. The molecule has 2 heterocycles. The maximum atomic E-state index is 12.2. The summed E-state index contributed by atoms with van der Waals surface area (Å²) in [5.41, 5.74) is 0.462. The number of thiophene rings is 1. The first-order chi connectivity index (χ1) is 8.59. The molecule has 0 saturated heterocycles. The molecule has 5 heteroatoms. The lowest BCUT2D eigenvalue weighted by molar-refractivity contribution is 0.0739. The number of aromatic nitrogens is 1. The van der Waals surface area contributed by atoms with E-state index in [1.54, 1.807) is 35.5 Å². The molecule has 18 heavy (non-hydrogen) atoms. The molecule has 0 fully saturated rings. The highest BCUT2D eigenvalue weighted by molar-refractivity contribution is 9.10. The van der Waals surface area contributed by atoms with Gasteiger partial charge in [0.25, 0.3) is 5.91 Å². The van der Waals surface area contributed by atoms with Crippen molar-refractivity contribution < 1.29 is 4.79 Å². The molecule has 3 nitrogen and oxygen atoms in total. The molecule has 0 aromatic carbocycles. The van der Waals surface area contributed by atoms with Crippen molar-refractivity contribution in [2.45, 2.75) is 13.0 Å². The molecule has 2 rings (SSSR count). The largest absolute Gasteiger partial charge is 0.333 e. The van der Waals surface area contributed by atoms with Crippen molar-refractivity contribution in [2.75, 3.05) is 7.05 Å². The molecule has 2 aromatic heterocycles. The molecule has 1 unspecified atom stereocenters. The van der Waals surface area contributed by atoms with Gasteiger partial charge in [0, 0.05) is 22.6 Å². The van der Waals surface area contributed by atoms with Gasteiger partial charge in [-0.05, 0) is 46.4 Å². The third kappa shape index (κ3) is 2.79. The first kappa shape index (κ1) is 13.2. The highest BCUT2D eigenvalue weighted by atomic mass is 79.9. The summed E-state index contributed by atoms with van der Waals surface area (Å²) in [5.74, 6) is -0.0663. The Hall–Kier alpha value is -1.20. The molecule has 0 bridgehead atoms. The van der Waals surface area contributed by atoms with Gasteiger partial charge in [-0.15, -0.1) is 11.3 Å². The Labute approximate surface area is 119 Å². The minimum atomic E-state index is -0.0663. The molecule has 0 radical (unpaired) electrons. The second-order valence-electron chi connectivity index (χ2n) is 3.97. The van der Waals surface area contributed by atoms with Crippen LogP contribution in [-0.2, 0) is 0 Å². The van der Waals surface area contributed by atoms with Crippen molar-refractivity contribution in [2.24, 2.45) is 0 Å². The molecule has 0 N–H and O–H groups in total. The van der Waals surface area contributed by atoms with Crippen LogP contribution in [0.1, 0.15) is 28.3 Å². The first-order valence-corrected chi connectivity index (χ1v) is 7.19. The predicted molar refractivity (Wildman–Crippen MR) is 76.8 cm³/mol. The Bertz CT molecular complexity index is 524. The normalized spacial score (nSPS) is 12.2. The Morgan fingerprint density at radius 3 is 2.78 bits per heavy atom. The second-order valence-corrected chi connectivity index (χ2v) is 5.86. The van der Waals surface area contributed by atoms with Gasteiger partial charge in [0.2, 0.25) is 0 Å². The fourth-order valence-corrected chi connectivity index (χ4v) is 2.64. The molecule has 0 aliphatic carbocycles. The van der Waals surface area contributed by atoms with Gasteiger partial charge < -0.3 is 4.90 Å². The van der Waals surface area contributed by atoms with Gasteiger partial charge in [-0.25, -0.2) is 4.98 Å². The van der Waals surface area contributed by atoms with Crippen molar-refractivity contribution in [1.29, 1.82) is 0 Å². The van der Waals surface area contributed by atoms with Crippen LogP contribution in [0.3, 0.4) is 0 Å². The van der Waals surface area contributed by atoms with Crippen LogP contribution in [0.2, 0.25) is 0 Å². The number of amides is 1. The van der Waals surface area contributed by atoms with E-state index >= 15 is 0 Å². The lowest BCUT2D eigenvalue weighted by Gasteiger charge is -2.23. The number of hydrogen-bond donors (Lipinski definition) is 0. The number of pyridine rings is 1. The Morgan fingerprint density at radius 2 is 2.22 bits per heavy atom. The van der Waals surface area contributed by atoms with E-state index in [1.165, 1.54) is 4.88 Å². The van der Waals surface area contributed by atoms with Gasteiger partial charge in [0.1, 0.15) is 5.69 Å². The average molecular weight is 325 g/mol. The van der Waals surface area contributed by atoms with E-state index in [4.69, 9.17) is 0 Å². The highest BCUT2D eigenvalue weighted by Gasteiger charge is 2.20. The standard InChI is InChI=1S/C13H13BrN2OS/c1-9(12-4-3-7-18-12)16(2)13(17)11-6-5-10(14)8-15-11/h3-9H,1-2H3. The van der Waals surface area contributed by atoms with Crippen LogP contribution >= 0.6 is 27.3 Å². The molecule has 1 amide bonds. The molecule has 0 spiro atoms. The number of hydrogen-bond acceptors (Lipinski definition) is 3. The van der Waals surface area contributed by atoms with Gasteiger partial charge in [-0.1, -0.05) is 6.07 Å². The summed E-state index contributed by atoms with van der Waals surface area (Å²) >= 11 is 4.96. The van der Waals surface area contributed by atoms with Crippen LogP contribution in [0, 0.1) is 0 Å². The van der Waals surface area contributed by atoms with Gasteiger partial charge in [-0.3, -0.25) is 4.79 Å². The number of rotatable bonds is 3. The summed E-state index contributed by atoms with van der Waals surface area (Å²) in [5, 5.41) is 2.02. The fourth-order valence-electron chi connectivity index (χ4n) is 1.58. The molecule has 0 saturated carbocycles. The average Bonchev–Trinajstić information content (AvgIpc) is 2.91. The maximum absolute atomic E-state index is 12.2. The van der Waals surface area contributed by atoms with Gasteiger partial charge in [0.15, 0.2) is 0 Å². The van der Waals surface area contributed by atoms with Crippen LogP contribution in [0.4, 0.5) is 0 Å². The number of carbonyl (C=O) groups excluding carboxylic acids is 1. The molecule has 1 atom stereocenters. The summed E-state index contributed by atoms with van der Waals surface area (Å²) in [6.45, 7) is 2.02. The molecule has 0 aliphatic rings. The van der Waals surface area contributed by atoms with Crippen LogP contribution in [-0.4, -0.2) is 22.8 Å². The van der Waals surface area contributed by atoms with Gasteiger partial charge >= 0.3 is 0 Å². The lowest BCUT2D eigenvalue weighted by atomic mass is 10.2. The smallest absolute Gasteiger partial charge is 0.272 e. The molecule has 94 valence electrons. The summed E-state index contributed by atoms with van der Waals surface area (Å²) in [6.07, 6.45) is 1.64. The number of nitrogens with zero attached hydrogens (tertiary/aromatic N) is 2. The van der Waals surface area contributed by atoms with Crippen molar-refractivity contribution in [3.63, 3.8) is 0 Å². The zero-order valence-electron chi connectivity index (χ0n) is 10.1. The van der Waals surface area contributed by atoms with E-state index < -0.39 is 0 Å². The third-order valence-electron chi connectivity index (χ3n) is 2.80. The van der Waals surface area contributed by atoms with Crippen molar-refractivity contribution in [1.82, 2.24) is 9.88 Å². The van der Waals surface area contributed by atoms with Crippen molar-refractivity contribution in [3.8, 4) is 0 Å². The zero-order chi connectivity index (χ0) is 13.1. The number of halogens is 1. The van der Waals surface area contributed by atoms with Crippen LogP contribution in [0.5, 0.6) is 0 Å². The first-order valence-electron chi connectivity index (χ1n) is 5.51. The fraction of sp³-hybridized carbons (Fsp3) is 0.231. The summed E-state index contributed by atoms with van der Waals surface area (Å²) in [4.78, 5) is 19.3. The number of carbonyl (C=O) groups is 1. The molecular weight excluding hydrogens is 312 g/mol. The maximum Gasteiger partial charge on any atom is 0.272 e. The van der Waals surface area contributed by atoms with E-state index in [9.17, 15) is 4.79 Å². The van der Waals surface area contributed by atoms with Crippen LogP contribution in [0.15, 0.2) is 40.3 Å². The van der Waals surface area contributed by atoms with Crippen molar-refractivity contribution >= 4 is 33.2 Å². The Kier molecular flexibility index (Phi) is 4.14. The highest BCUT2D eigenvalue weighted by Crippen LogP contribution is 2.24. The van der Waals surface area contributed by atoms with Crippen LogP contribution < -0.4 is 0 Å². The van der Waals surface area contributed by atoms with Gasteiger partial charge in [0.05, 0.1) is 6.04 Å². The second kappa shape index (κ2) is 5.63. The van der Waals surface area contributed by atoms with E-state index in [-0.39, 0.29) is 11.9 Å². The molecular formula is C13H13BrN2OS. The SMILES string of the molecule is CC(c1cccs1)N(C)C(=O)c1ccc(Br)cn1. The van der Waals surface area contributed by atoms with E-state index in [2.05, 4.69) is 20.9 Å². The lowest BCUT2D eigenvalue weighted by Crippen LogP contribution is -2.29. The van der Waals surface area contributed by atoms with E-state index in [0.717, 1.165) is 4.47 Å². The Balaban J connectivity index is 2.16. The zero-order valence-corrected chi connectivity index (χ0v) is 12.5. The van der Waals surface area contributed by atoms with E-state index in [1.807, 2.05) is 30.5 Å². The minimum absolute atomic E-state index is 0.0583. The summed E-state index contributed by atoms with van der Waals surface area (Å²) < 4.78 is 0.869. The van der Waals surface area contributed by atoms with E-state index in [0.29, 0.717) is 5.69 Å². The summed E-state index contributed by atoms with van der Waals surface area (Å²) in [6, 6.07) is 7.64. The monoisotopic (exact) mass is 324 g/mol. The minimum Gasteiger partial charge on any atom is -0.333 e. The third-order valence-corrected chi connectivity index (χ3v) is 4.31. The quantitative estimate of drug-likeness (QED) is 0.861. The van der Waals surface area contributed by atoms with Gasteiger partial charge in [-0.2, -0.15) is 0 Å². The molecule has 0 aliphatic heterocycles. The van der Waals surface area contributed by atoms with Crippen LogP contribution in [0.25, 0.3) is 0 Å². The summed E-state index contributed by atoms with van der Waals surface area (Å²) in [7, 11) is 1.80. The Morgan fingerprint density at radius 1 is 1.44 bits per heavy atom. The topological polar surface area (TPSA) is 33.2 Å². The van der Waals surface area contributed by atoms with Crippen molar-refractivity contribution in [3.05, 3.63) is 50.9 Å².